The summed E-state index contributed by atoms with van der Waals surface area (Å²) in [7, 11) is 1.34. The molecule has 4 nitrogen and oxygen atoms in total. The third-order valence-electron chi connectivity index (χ3n) is 3.54. The molecule has 24 heavy (non-hydrogen) atoms. The minimum atomic E-state index is -0.371. The Balaban J connectivity index is 2.02. The lowest BCUT2D eigenvalue weighted by Crippen LogP contribution is -2.07. The van der Waals surface area contributed by atoms with Gasteiger partial charge in [0.1, 0.15) is 5.82 Å². The minimum absolute atomic E-state index is 0.130. The number of para-hydroxylation sites is 2. The Labute approximate surface area is 147 Å². The monoisotopic (exact) mass is 364 g/mol. The number of nitrogens with zero attached hydrogens (tertiary/aromatic N) is 2. The van der Waals surface area contributed by atoms with Gasteiger partial charge < -0.3 is 9.30 Å². The molecule has 0 atom stereocenters. The summed E-state index contributed by atoms with van der Waals surface area (Å²) in [6.07, 6.45) is 0. The second kappa shape index (κ2) is 7.23. The summed E-state index contributed by atoms with van der Waals surface area (Å²) in [5, 5.41) is 0.970. The third kappa shape index (κ3) is 3.39. The van der Waals surface area contributed by atoms with Crippen molar-refractivity contribution in [3.63, 3.8) is 0 Å². The van der Waals surface area contributed by atoms with Gasteiger partial charge in [0.2, 0.25) is 0 Å². The molecule has 0 N–H and O–H groups in total. The van der Waals surface area contributed by atoms with E-state index in [-0.39, 0.29) is 24.1 Å². The first kappa shape index (κ1) is 16.8. The van der Waals surface area contributed by atoms with Gasteiger partial charge in [0.05, 0.1) is 30.4 Å². The van der Waals surface area contributed by atoms with Gasteiger partial charge in [-0.2, -0.15) is 0 Å². The van der Waals surface area contributed by atoms with Crippen molar-refractivity contribution in [1.82, 2.24) is 9.55 Å². The minimum Gasteiger partial charge on any atom is -0.468 e. The maximum atomic E-state index is 14.1. The SMILES string of the molecule is COC(=O)CSc1nc2ccccc2n1Cc1c(F)cccc1Cl. The van der Waals surface area contributed by atoms with Crippen LogP contribution >= 0.6 is 23.4 Å². The second-order valence-corrected chi connectivity index (χ2v) is 6.38. The Hall–Kier alpha value is -2.05. The molecule has 0 aliphatic carbocycles. The number of methoxy groups -OCH3 is 1. The molecule has 7 heteroatoms. The number of fused-ring (bicyclic) bond motifs is 1. The van der Waals surface area contributed by atoms with Gasteiger partial charge in [0.15, 0.2) is 5.16 Å². The molecule has 0 fully saturated rings. The number of hydrogen-bond acceptors (Lipinski definition) is 4. The lowest BCUT2D eigenvalue weighted by atomic mass is 10.2. The summed E-state index contributed by atoms with van der Waals surface area (Å²) in [5.74, 6) is -0.586. The van der Waals surface area contributed by atoms with Crippen LogP contribution in [-0.2, 0) is 16.1 Å². The van der Waals surface area contributed by atoms with Crippen molar-refractivity contribution >= 4 is 40.4 Å². The average molecular weight is 365 g/mol. The van der Waals surface area contributed by atoms with E-state index >= 15 is 0 Å². The van der Waals surface area contributed by atoms with Crippen molar-refractivity contribution < 1.29 is 13.9 Å². The van der Waals surface area contributed by atoms with Gasteiger partial charge in [-0.25, -0.2) is 9.37 Å². The molecule has 3 rings (SSSR count). The van der Waals surface area contributed by atoms with Crippen molar-refractivity contribution in [3.05, 3.63) is 58.9 Å². The number of halogens is 2. The molecule has 124 valence electrons. The first-order valence-corrected chi connectivity index (χ1v) is 8.54. The van der Waals surface area contributed by atoms with Crippen molar-refractivity contribution in [1.29, 1.82) is 0 Å². The Morgan fingerprint density at radius 2 is 2.08 bits per heavy atom. The topological polar surface area (TPSA) is 44.1 Å². The maximum absolute atomic E-state index is 14.1. The Bertz CT molecular complexity index is 877. The number of carbonyl (C=O) groups excluding carboxylic acids is 1. The molecule has 2 aromatic carbocycles. The van der Waals surface area contributed by atoms with Gasteiger partial charge in [-0.1, -0.05) is 41.6 Å². The zero-order chi connectivity index (χ0) is 17.1. The molecule has 0 radical (unpaired) electrons. The fraction of sp³-hybridized carbons (Fsp3) is 0.176. The van der Waals surface area contributed by atoms with E-state index in [0.29, 0.717) is 15.7 Å². The molecule has 0 aliphatic rings. The van der Waals surface area contributed by atoms with Crippen LogP contribution in [0.15, 0.2) is 47.6 Å². The maximum Gasteiger partial charge on any atom is 0.316 e. The zero-order valence-electron chi connectivity index (χ0n) is 12.8. The van der Waals surface area contributed by atoms with E-state index < -0.39 is 0 Å². The highest BCUT2D eigenvalue weighted by molar-refractivity contribution is 7.99. The Kier molecular flexibility index (Phi) is 5.06. The zero-order valence-corrected chi connectivity index (χ0v) is 14.4. The molecular weight excluding hydrogens is 351 g/mol. The third-order valence-corrected chi connectivity index (χ3v) is 4.85. The van der Waals surface area contributed by atoms with Crippen LogP contribution in [0.25, 0.3) is 11.0 Å². The number of thioether (sulfide) groups is 1. The van der Waals surface area contributed by atoms with Crippen LogP contribution in [0.1, 0.15) is 5.56 Å². The fourth-order valence-corrected chi connectivity index (χ4v) is 3.41. The van der Waals surface area contributed by atoms with E-state index in [1.807, 2.05) is 28.8 Å². The van der Waals surface area contributed by atoms with Crippen molar-refractivity contribution in [2.45, 2.75) is 11.7 Å². The molecule has 0 saturated heterocycles. The van der Waals surface area contributed by atoms with Crippen LogP contribution < -0.4 is 0 Å². The summed E-state index contributed by atoms with van der Waals surface area (Å²) >= 11 is 7.39. The summed E-state index contributed by atoms with van der Waals surface area (Å²) in [5.41, 5.74) is 2.02. The van der Waals surface area contributed by atoms with Crippen LogP contribution in [0.2, 0.25) is 5.02 Å². The van der Waals surface area contributed by atoms with E-state index in [1.165, 1.54) is 24.9 Å². The number of aromatic nitrogens is 2. The second-order valence-electron chi connectivity index (χ2n) is 5.03. The number of imidazole rings is 1. The van der Waals surface area contributed by atoms with E-state index in [4.69, 9.17) is 11.6 Å². The van der Waals surface area contributed by atoms with Crippen LogP contribution in [0.3, 0.4) is 0 Å². The van der Waals surface area contributed by atoms with E-state index in [9.17, 15) is 9.18 Å². The molecule has 0 aliphatic heterocycles. The summed E-state index contributed by atoms with van der Waals surface area (Å²) in [4.78, 5) is 15.9. The molecule has 0 saturated carbocycles. The normalized spacial score (nSPS) is 11.0. The standard InChI is InChI=1S/C17H14ClFN2O2S/c1-23-16(22)10-24-17-20-14-7-2-3-8-15(14)21(17)9-11-12(18)5-4-6-13(11)19/h2-8H,9-10H2,1H3. The fourth-order valence-electron chi connectivity index (χ4n) is 2.34. The Morgan fingerprint density at radius 1 is 1.29 bits per heavy atom. The molecule has 0 unspecified atom stereocenters. The molecule has 1 heterocycles. The van der Waals surface area contributed by atoms with Gasteiger partial charge in [-0.05, 0) is 24.3 Å². The predicted octanol–water partition coefficient (Wildman–Crippen LogP) is 4.14. The molecule has 1 aromatic heterocycles. The molecule has 0 spiro atoms. The summed E-state index contributed by atoms with van der Waals surface area (Å²) in [6, 6.07) is 12.1. The lowest BCUT2D eigenvalue weighted by molar-refractivity contribution is -0.137. The molecule has 3 aromatic rings. The van der Waals surface area contributed by atoms with Crippen LogP contribution in [0, 0.1) is 5.82 Å². The largest absolute Gasteiger partial charge is 0.468 e. The lowest BCUT2D eigenvalue weighted by Gasteiger charge is -2.11. The van der Waals surface area contributed by atoms with Gasteiger partial charge in [0, 0.05) is 10.6 Å². The average Bonchev–Trinajstić information content (AvgIpc) is 2.93. The number of ether oxygens (including phenoxy) is 1. The van der Waals surface area contributed by atoms with Crippen molar-refractivity contribution in [2.24, 2.45) is 0 Å². The summed E-state index contributed by atoms with van der Waals surface area (Å²) in [6.45, 7) is 0.232. The molecule has 0 amide bonds. The van der Waals surface area contributed by atoms with Crippen LogP contribution in [-0.4, -0.2) is 28.4 Å². The van der Waals surface area contributed by atoms with Crippen molar-refractivity contribution in [3.8, 4) is 0 Å². The number of hydrogen-bond donors (Lipinski definition) is 0. The van der Waals surface area contributed by atoms with Gasteiger partial charge in [-0.15, -0.1) is 0 Å². The van der Waals surface area contributed by atoms with E-state index in [0.717, 1.165) is 11.0 Å². The van der Waals surface area contributed by atoms with Crippen molar-refractivity contribution in [2.75, 3.05) is 12.9 Å². The number of rotatable bonds is 5. The number of esters is 1. The smallest absolute Gasteiger partial charge is 0.316 e. The van der Waals surface area contributed by atoms with Crippen LogP contribution in [0.4, 0.5) is 4.39 Å². The predicted molar refractivity (Wildman–Crippen MR) is 93.0 cm³/mol. The number of benzene rings is 2. The highest BCUT2D eigenvalue weighted by Gasteiger charge is 2.16. The van der Waals surface area contributed by atoms with Crippen LogP contribution in [0.5, 0.6) is 0 Å². The van der Waals surface area contributed by atoms with Gasteiger partial charge in [-0.3, -0.25) is 4.79 Å². The van der Waals surface area contributed by atoms with E-state index in [1.54, 1.807) is 12.1 Å². The highest BCUT2D eigenvalue weighted by Crippen LogP contribution is 2.28. The highest BCUT2D eigenvalue weighted by atomic mass is 35.5. The first-order valence-electron chi connectivity index (χ1n) is 7.18. The molecule has 0 bridgehead atoms. The van der Waals surface area contributed by atoms with Gasteiger partial charge in [0.25, 0.3) is 0 Å². The van der Waals surface area contributed by atoms with Gasteiger partial charge >= 0.3 is 5.97 Å². The number of carbonyl (C=O) groups is 1. The Morgan fingerprint density at radius 3 is 2.83 bits per heavy atom. The first-order chi connectivity index (χ1) is 11.6. The van der Waals surface area contributed by atoms with E-state index in [2.05, 4.69) is 9.72 Å². The molecular formula is C17H14ClFN2O2S. The summed E-state index contributed by atoms with van der Waals surface area (Å²) < 4.78 is 20.7. The quantitative estimate of drug-likeness (QED) is 0.504.